The average Bonchev–Trinajstić information content (AvgIpc) is 2.84. The van der Waals surface area contributed by atoms with Gasteiger partial charge in [-0.25, -0.2) is 4.79 Å². The van der Waals surface area contributed by atoms with E-state index in [1.54, 1.807) is 36.1 Å². The number of carbonyl (C=O) groups is 2. The zero-order chi connectivity index (χ0) is 24.1. The van der Waals surface area contributed by atoms with Crippen molar-refractivity contribution in [2.45, 2.75) is 13.0 Å². The number of anilines is 1. The Kier molecular flexibility index (Phi) is 7.32. The Morgan fingerprint density at radius 2 is 1.58 bits per heavy atom. The summed E-state index contributed by atoms with van der Waals surface area (Å²) in [4.78, 5) is 26.1. The van der Waals surface area contributed by atoms with Crippen molar-refractivity contribution in [2.75, 3.05) is 46.6 Å². The molecule has 9 heteroatoms. The highest BCUT2D eigenvalue weighted by atomic mass is 16.6. The largest absolute Gasteiger partial charge is 0.493 e. The van der Waals surface area contributed by atoms with Gasteiger partial charge in [0.1, 0.15) is 0 Å². The number of ether oxygens (including phenoxy) is 6. The van der Waals surface area contributed by atoms with Gasteiger partial charge in [-0.1, -0.05) is 12.6 Å². The van der Waals surface area contributed by atoms with Gasteiger partial charge >= 0.3 is 5.97 Å². The maximum atomic E-state index is 12.8. The first-order valence-electron chi connectivity index (χ1n) is 10.2. The molecule has 9 nitrogen and oxygen atoms in total. The van der Waals surface area contributed by atoms with Gasteiger partial charge in [-0.3, -0.25) is 9.69 Å². The van der Waals surface area contributed by atoms with Crippen molar-refractivity contribution in [1.82, 2.24) is 0 Å². The molecule has 0 saturated carbocycles. The van der Waals surface area contributed by atoms with Gasteiger partial charge in [0.25, 0.3) is 5.91 Å². The molecule has 0 radical (unpaired) electrons. The second-order valence-electron chi connectivity index (χ2n) is 6.99. The van der Waals surface area contributed by atoms with Crippen LogP contribution in [0.5, 0.6) is 28.7 Å². The summed E-state index contributed by atoms with van der Waals surface area (Å²) in [7, 11) is 6.02. The van der Waals surface area contributed by atoms with Gasteiger partial charge in [0, 0.05) is 17.7 Å². The van der Waals surface area contributed by atoms with Crippen molar-refractivity contribution >= 4 is 17.6 Å². The fourth-order valence-corrected chi connectivity index (χ4v) is 3.62. The van der Waals surface area contributed by atoms with Crippen LogP contribution >= 0.6 is 0 Å². The number of benzene rings is 2. The summed E-state index contributed by atoms with van der Waals surface area (Å²) in [6.45, 7) is 5.65. The third-order valence-electron chi connectivity index (χ3n) is 5.16. The predicted octanol–water partition coefficient (Wildman–Crippen LogP) is 3.31. The summed E-state index contributed by atoms with van der Waals surface area (Å²) in [6, 6.07) is 8.16. The fraction of sp³-hybridized carbons (Fsp3) is 0.333. The molecule has 0 bridgehead atoms. The number of esters is 1. The molecule has 2 aromatic carbocycles. The molecular formula is C24H27NO8. The van der Waals surface area contributed by atoms with Gasteiger partial charge in [0.2, 0.25) is 5.75 Å². The van der Waals surface area contributed by atoms with Gasteiger partial charge < -0.3 is 28.4 Å². The smallest absolute Gasteiger partial charge is 0.344 e. The lowest BCUT2D eigenvalue weighted by atomic mass is 9.88. The van der Waals surface area contributed by atoms with Crippen LogP contribution in [0.2, 0.25) is 0 Å². The third-order valence-corrected chi connectivity index (χ3v) is 5.16. The number of methoxy groups -OCH3 is 4. The predicted molar refractivity (Wildman–Crippen MR) is 121 cm³/mol. The molecule has 0 aliphatic carbocycles. The number of amides is 1. The van der Waals surface area contributed by atoms with Crippen LogP contribution in [0.1, 0.15) is 18.5 Å². The lowest BCUT2D eigenvalue weighted by molar-refractivity contribution is -0.145. The van der Waals surface area contributed by atoms with E-state index in [0.29, 0.717) is 40.0 Å². The van der Waals surface area contributed by atoms with E-state index in [1.807, 2.05) is 6.07 Å². The van der Waals surface area contributed by atoms with Crippen LogP contribution in [0.15, 0.2) is 42.5 Å². The Hall–Kier alpha value is -3.88. The van der Waals surface area contributed by atoms with Crippen molar-refractivity contribution in [2.24, 2.45) is 0 Å². The molecule has 1 amide bonds. The van der Waals surface area contributed by atoms with Crippen molar-refractivity contribution in [3.05, 3.63) is 48.0 Å². The molecule has 0 unspecified atom stereocenters. The normalized spacial score (nSPS) is 14.9. The summed E-state index contributed by atoms with van der Waals surface area (Å²) in [5, 5.41) is 0. The fourth-order valence-electron chi connectivity index (χ4n) is 3.62. The molecule has 1 aliphatic heterocycles. The maximum Gasteiger partial charge on any atom is 0.344 e. The van der Waals surface area contributed by atoms with Crippen LogP contribution in [0, 0.1) is 0 Å². The minimum absolute atomic E-state index is 0.237. The van der Waals surface area contributed by atoms with E-state index in [9.17, 15) is 9.59 Å². The lowest BCUT2D eigenvalue weighted by Crippen LogP contribution is -2.48. The van der Waals surface area contributed by atoms with E-state index in [4.69, 9.17) is 28.4 Å². The number of β-lactam (4-membered cyclic amide) rings is 1. The zero-order valence-electron chi connectivity index (χ0n) is 19.3. The molecule has 1 fully saturated rings. The quantitative estimate of drug-likeness (QED) is 0.305. The second kappa shape index (κ2) is 10.2. The van der Waals surface area contributed by atoms with E-state index in [1.165, 1.54) is 28.4 Å². The Morgan fingerprint density at radius 1 is 0.939 bits per heavy atom. The molecule has 0 aromatic heterocycles. The van der Waals surface area contributed by atoms with E-state index in [2.05, 4.69) is 6.58 Å². The Bertz CT molecular complexity index is 1040. The molecule has 1 saturated heterocycles. The Labute approximate surface area is 192 Å². The first-order valence-corrected chi connectivity index (χ1v) is 10.2. The Balaban J connectivity index is 1.97. The van der Waals surface area contributed by atoms with Gasteiger partial charge in [0.05, 0.1) is 46.8 Å². The molecule has 1 aliphatic rings. The van der Waals surface area contributed by atoms with Crippen molar-refractivity contribution in [3.8, 4) is 28.7 Å². The van der Waals surface area contributed by atoms with E-state index < -0.39 is 12.0 Å². The van der Waals surface area contributed by atoms with Crippen LogP contribution in [0.4, 0.5) is 5.69 Å². The topological polar surface area (TPSA) is 92.8 Å². The van der Waals surface area contributed by atoms with Gasteiger partial charge in [-0.05, 0) is 24.6 Å². The van der Waals surface area contributed by atoms with Crippen LogP contribution in [0.25, 0.3) is 0 Å². The second-order valence-corrected chi connectivity index (χ2v) is 6.99. The number of nitrogens with zero attached hydrogens (tertiary/aromatic N) is 1. The molecule has 0 spiro atoms. The molecule has 1 atom stereocenters. The zero-order valence-corrected chi connectivity index (χ0v) is 19.3. The number of carbonyl (C=O) groups excluding carboxylic acids is 2. The monoisotopic (exact) mass is 457 g/mol. The molecular weight excluding hydrogens is 430 g/mol. The van der Waals surface area contributed by atoms with Gasteiger partial charge in [-0.2, -0.15) is 0 Å². The van der Waals surface area contributed by atoms with Crippen LogP contribution in [-0.2, 0) is 14.3 Å². The summed E-state index contributed by atoms with van der Waals surface area (Å²) in [6.07, 6.45) is 0. The van der Waals surface area contributed by atoms with Crippen LogP contribution in [0.3, 0.4) is 0 Å². The Morgan fingerprint density at radius 3 is 2.12 bits per heavy atom. The number of hydrogen-bond donors (Lipinski definition) is 0. The minimum Gasteiger partial charge on any atom is -0.493 e. The van der Waals surface area contributed by atoms with Crippen molar-refractivity contribution < 1.29 is 38.0 Å². The summed E-state index contributed by atoms with van der Waals surface area (Å²) >= 11 is 0. The summed E-state index contributed by atoms with van der Waals surface area (Å²) < 4.78 is 32.1. The highest BCUT2D eigenvalue weighted by Gasteiger charge is 2.43. The minimum atomic E-state index is -0.493. The van der Waals surface area contributed by atoms with Crippen molar-refractivity contribution in [1.29, 1.82) is 0 Å². The molecule has 33 heavy (non-hydrogen) atoms. The standard InChI is InChI=1S/C24H27NO8/c1-7-32-21(26)13-33-18-10-15(8-9-17(18)28-3)22-14(2)24(27)25(22)16-11-19(29-4)23(31-6)20(12-16)30-5/h8-12,22H,2,7,13H2,1,3-6H3/t22-/m1/s1. The van der Waals surface area contributed by atoms with Crippen LogP contribution in [-0.4, -0.2) is 53.5 Å². The third kappa shape index (κ3) is 4.52. The van der Waals surface area contributed by atoms with Gasteiger partial charge in [0.15, 0.2) is 29.6 Å². The van der Waals surface area contributed by atoms with E-state index in [-0.39, 0.29) is 19.1 Å². The SMILES string of the molecule is C=C1C(=O)N(c2cc(OC)c(OC)c(OC)c2)[C@H]1c1ccc(OC)c(OCC(=O)OCC)c1. The highest BCUT2D eigenvalue weighted by Crippen LogP contribution is 2.48. The molecule has 0 N–H and O–H groups in total. The summed E-state index contributed by atoms with van der Waals surface area (Å²) in [5.41, 5.74) is 1.69. The number of rotatable bonds is 10. The van der Waals surface area contributed by atoms with Gasteiger partial charge in [-0.15, -0.1) is 0 Å². The first-order chi connectivity index (χ1) is 15.9. The first kappa shape index (κ1) is 23.8. The molecule has 3 rings (SSSR count). The molecule has 176 valence electrons. The highest BCUT2D eigenvalue weighted by molar-refractivity contribution is 6.15. The average molecular weight is 457 g/mol. The van der Waals surface area contributed by atoms with Crippen molar-refractivity contribution in [3.63, 3.8) is 0 Å². The summed E-state index contributed by atoms with van der Waals surface area (Å²) in [5.74, 6) is 1.32. The van der Waals surface area contributed by atoms with E-state index in [0.717, 1.165) is 5.56 Å². The molecule has 1 heterocycles. The maximum absolute atomic E-state index is 12.8. The van der Waals surface area contributed by atoms with Crippen LogP contribution < -0.4 is 28.6 Å². The van der Waals surface area contributed by atoms with E-state index >= 15 is 0 Å². The molecule has 2 aromatic rings. The lowest BCUT2D eigenvalue weighted by Gasteiger charge is -2.42. The number of hydrogen-bond acceptors (Lipinski definition) is 8.